The second-order valence-electron chi connectivity index (χ2n) is 13.6. The molecular weight excluding hydrogens is 735 g/mol. The lowest BCUT2D eigenvalue weighted by atomic mass is 9.68. The van der Waals surface area contributed by atoms with E-state index in [1.807, 2.05) is 42.5 Å². The summed E-state index contributed by atoms with van der Waals surface area (Å²) >= 11 is 9.07. The molecule has 0 spiro atoms. The number of alkyl halides is 3. The van der Waals surface area contributed by atoms with E-state index in [0.29, 0.717) is 33.5 Å². The van der Waals surface area contributed by atoms with Crippen LogP contribution in [0, 0.1) is 29.6 Å². The highest BCUT2D eigenvalue weighted by atomic mass is 35.5. The summed E-state index contributed by atoms with van der Waals surface area (Å²) in [4.78, 5) is 58.2. The van der Waals surface area contributed by atoms with E-state index in [2.05, 4.69) is 10.3 Å². The largest absolute Gasteiger partial charge is 0.483 e. The van der Waals surface area contributed by atoms with Gasteiger partial charge in [0, 0.05) is 32.3 Å². The van der Waals surface area contributed by atoms with Gasteiger partial charge in [-0.25, -0.2) is 4.90 Å². The number of para-hydroxylation sites is 1. The van der Waals surface area contributed by atoms with Crippen molar-refractivity contribution in [3.8, 4) is 5.75 Å². The maximum atomic E-state index is 14.1. The number of halogens is 4. The van der Waals surface area contributed by atoms with E-state index < -0.39 is 52.9 Å². The molecule has 1 aromatic heterocycles. The Morgan fingerprint density at radius 2 is 1.65 bits per heavy atom. The van der Waals surface area contributed by atoms with Gasteiger partial charge in [-0.05, 0) is 77.4 Å². The number of thiazole rings is 1. The molecule has 1 saturated heterocycles. The maximum absolute atomic E-state index is 14.1. The first-order chi connectivity index (χ1) is 25.0. The van der Waals surface area contributed by atoms with Gasteiger partial charge in [0.15, 0.2) is 6.61 Å². The first kappa shape index (κ1) is 33.3. The lowest BCUT2D eigenvalue weighted by Gasteiger charge is -2.43. The Labute approximate surface area is 307 Å². The van der Waals surface area contributed by atoms with E-state index >= 15 is 0 Å². The summed E-state index contributed by atoms with van der Waals surface area (Å²) < 4.78 is 48.3. The van der Waals surface area contributed by atoms with Crippen LogP contribution in [0.25, 0.3) is 10.8 Å². The van der Waals surface area contributed by atoms with Gasteiger partial charge in [0.2, 0.25) is 11.8 Å². The van der Waals surface area contributed by atoms with Crippen molar-refractivity contribution in [1.82, 2.24) is 4.98 Å². The maximum Gasteiger partial charge on any atom is 0.418 e. The highest BCUT2D eigenvalue weighted by molar-refractivity contribution is 8.00. The van der Waals surface area contributed by atoms with Gasteiger partial charge in [-0.1, -0.05) is 65.4 Å². The number of nitrogens with one attached hydrogen (secondary N) is 2. The molecule has 3 heterocycles. The quantitative estimate of drug-likeness (QED) is 0.170. The van der Waals surface area contributed by atoms with E-state index in [9.17, 15) is 32.3 Å². The highest BCUT2D eigenvalue weighted by Crippen LogP contribution is 2.69. The number of fused-ring (bicyclic) bond motifs is 10. The third-order valence-electron chi connectivity index (χ3n) is 10.9. The number of thioether (sulfide) groups is 1. The topological polar surface area (TPSA) is 109 Å². The fourth-order valence-corrected chi connectivity index (χ4v) is 12.1. The Balaban J connectivity index is 1.05. The molecule has 2 aliphatic carbocycles. The number of hydrogen-bond donors (Lipinski definition) is 2. The van der Waals surface area contributed by atoms with E-state index in [-0.39, 0.29) is 34.5 Å². The van der Waals surface area contributed by atoms with Crippen molar-refractivity contribution in [3.63, 3.8) is 0 Å². The molecule has 3 fully saturated rings. The SMILES string of the molecule is O=C(COc1ccc(Cl)cc1[C@H]1c2sc(=O)[nH]c2SC2C3CC(C4C(=O)N(c5ccccc5C(F)(F)F)C(=O)C34)C21)Nc1ccc2ccccc2c1. The molecule has 8 nitrogen and oxygen atoms in total. The van der Waals surface area contributed by atoms with Crippen molar-refractivity contribution in [1.29, 1.82) is 0 Å². The summed E-state index contributed by atoms with van der Waals surface area (Å²) in [5.74, 6) is -4.36. The van der Waals surface area contributed by atoms with E-state index in [0.717, 1.165) is 38.0 Å². The van der Waals surface area contributed by atoms with Gasteiger partial charge >= 0.3 is 11.0 Å². The third kappa shape index (κ3) is 5.27. The molecule has 5 aromatic rings. The van der Waals surface area contributed by atoms with Crippen LogP contribution in [0.2, 0.25) is 5.02 Å². The summed E-state index contributed by atoms with van der Waals surface area (Å²) in [6, 6.07) is 23.1. The molecular formula is C38H27ClF3N3O5S2. The van der Waals surface area contributed by atoms with Gasteiger partial charge in [-0.2, -0.15) is 13.2 Å². The monoisotopic (exact) mass is 761 g/mol. The van der Waals surface area contributed by atoms with Crippen LogP contribution >= 0.6 is 34.7 Å². The van der Waals surface area contributed by atoms with Crippen molar-refractivity contribution in [2.24, 2.45) is 29.6 Å². The summed E-state index contributed by atoms with van der Waals surface area (Å²) in [6.07, 6.45) is -4.23. The van der Waals surface area contributed by atoms with Gasteiger partial charge in [0.25, 0.3) is 5.91 Å². The van der Waals surface area contributed by atoms with E-state index in [4.69, 9.17) is 16.3 Å². The number of hydrogen-bond acceptors (Lipinski definition) is 7. The molecule has 6 unspecified atom stereocenters. The van der Waals surface area contributed by atoms with Crippen LogP contribution in [0.4, 0.5) is 24.5 Å². The van der Waals surface area contributed by atoms with Crippen LogP contribution in [0.5, 0.6) is 5.75 Å². The summed E-state index contributed by atoms with van der Waals surface area (Å²) in [7, 11) is 0. The first-order valence-corrected chi connectivity index (χ1v) is 18.7. The molecule has 2 N–H and O–H groups in total. The zero-order chi connectivity index (χ0) is 36.1. The van der Waals surface area contributed by atoms with Gasteiger partial charge < -0.3 is 15.0 Å². The van der Waals surface area contributed by atoms with Crippen molar-refractivity contribution < 1.29 is 32.3 Å². The number of carbonyl (C=O) groups excluding carboxylic acids is 3. The number of rotatable bonds is 6. The van der Waals surface area contributed by atoms with E-state index in [1.54, 1.807) is 18.2 Å². The molecule has 9 rings (SSSR count). The molecule has 7 atom stereocenters. The zero-order valence-electron chi connectivity index (χ0n) is 26.9. The van der Waals surface area contributed by atoms with Crippen LogP contribution in [0.15, 0.2) is 94.7 Å². The molecule has 2 bridgehead atoms. The second-order valence-corrected chi connectivity index (χ2v) is 16.2. The summed E-state index contributed by atoms with van der Waals surface area (Å²) in [5, 5.41) is 5.68. The van der Waals surface area contributed by atoms with Gasteiger partial charge in [0.05, 0.1) is 28.1 Å². The second kappa shape index (κ2) is 12.2. The Bertz CT molecular complexity index is 2380. The lowest BCUT2D eigenvalue weighted by Crippen LogP contribution is -2.42. The number of aromatic nitrogens is 1. The van der Waals surface area contributed by atoms with Crippen LogP contribution in [-0.2, 0) is 20.6 Å². The predicted octanol–water partition coefficient (Wildman–Crippen LogP) is 7.96. The number of imide groups is 1. The summed E-state index contributed by atoms with van der Waals surface area (Å²) in [6.45, 7) is -0.329. The Kier molecular flexibility index (Phi) is 7.83. The number of ether oxygens (including phenoxy) is 1. The van der Waals surface area contributed by atoms with Crippen molar-refractivity contribution in [2.45, 2.75) is 28.8 Å². The summed E-state index contributed by atoms with van der Waals surface area (Å²) in [5.41, 5.74) is -0.268. The molecule has 4 aliphatic rings. The minimum absolute atomic E-state index is 0.230. The number of amides is 3. The molecule has 14 heteroatoms. The number of nitrogens with zero attached hydrogens (tertiary/aromatic N) is 1. The number of aromatic amines is 1. The van der Waals surface area contributed by atoms with Gasteiger partial charge in [-0.3, -0.25) is 19.2 Å². The number of anilines is 2. The molecule has 2 aliphatic heterocycles. The highest BCUT2D eigenvalue weighted by Gasteiger charge is 2.70. The predicted molar refractivity (Wildman–Crippen MR) is 192 cm³/mol. The van der Waals surface area contributed by atoms with Crippen molar-refractivity contribution >= 4 is 74.6 Å². The average Bonchev–Trinajstić information content (AvgIpc) is 3.86. The number of carbonyl (C=O) groups is 3. The third-order valence-corrected chi connectivity index (χ3v) is 13.7. The molecule has 2 saturated carbocycles. The van der Waals surface area contributed by atoms with Gasteiger partial charge in [-0.15, -0.1) is 11.8 Å². The van der Waals surface area contributed by atoms with Crippen LogP contribution in [0.1, 0.15) is 28.3 Å². The Hall–Kier alpha value is -4.59. The zero-order valence-corrected chi connectivity index (χ0v) is 29.2. The smallest absolute Gasteiger partial charge is 0.418 e. The Morgan fingerprint density at radius 3 is 2.44 bits per heavy atom. The van der Waals surface area contributed by atoms with E-state index in [1.165, 1.54) is 30.0 Å². The molecule has 0 radical (unpaired) electrons. The van der Waals surface area contributed by atoms with Crippen LogP contribution < -0.4 is 19.8 Å². The minimum Gasteiger partial charge on any atom is -0.483 e. The van der Waals surface area contributed by atoms with Gasteiger partial charge in [0.1, 0.15) is 5.75 Å². The molecule has 3 amide bonds. The Morgan fingerprint density at radius 1 is 0.923 bits per heavy atom. The van der Waals surface area contributed by atoms with Crippen molar-refractivity contribution in [3.05, 3.63) is 116 Å². The normalized spacial score (nSPS) is 26.0. The minimum atomic E-state index is -4.77. The number of benzene rings is 4. The standard InChI is InChI=1S/C38H27ClF3N3O5S2/c39-19-10-12-26(50-16-27(46)43-20-11-9-17-5-1-2-6-18(17)13-20)21(14-19)28-29-22-15-23(32(29)51-34-33(28)52-37(49)44-34)31-30(22)35(47)45(36(31)48)25-8-4-3-7-24(25)38(40,41)42/h1-14,22-23,28-32H,15-16H2,(H,43,46)(H,44,49)/t22?,23?,28-,29?,30?,31?,32?/m1/s1. The first-order valence-electron chi connectivity index (χ1n) is 16.6. The number of H-pyrrole nitrogens is 1. The fourth-order valence-electron chi connectivity index (χ4n) is 9.01. The molecule has 264 valence electrons. The molecule has 52 heavy (non-hydrogen) atoms. The van der Waals surface area contributed by atoms with Crippen molar-refractivity contribution in [2.75, 3.05) is 16.8 Å². The molecule has 4 aromatic carbocycles. The average molecular weight is 762 g/mol. The lowest BCUT2D eigenvalue weighted by molar-refractivity contribution is -0.137. The van der Waals surface area contributed by atoms with Crippen LogP contribution in [0.3, 0.4) is 0 Å². The van der Waals surface area contributed by atoms with Crippen LogP contribution in [-0.4, -0.2) is 34.6 Å². The fraction of sp³-hybridized carbons (Fsp3) is 0.263.